The molecule has 2 heterocycles. The van der Waals surface area contributed by atoms with Crippen molar-refractivity contribution >= 4 is 33.2 Å². The van der Waals surface area contributed by atoms with Gasteiger partial charge in [0.25, 0.3) is 0 Å². The third-order valence-corrected chi connectivity index (χ3v) is 5.44. The molecule has 1 fully saturated rings. The number of hydrogen-bond acceptors (Lipinski definition) is 4. The number of anilines is 1. The van der Waals surface area contributed by atoms with Crippen LogP contribution in [0.2, 0.25) is 0 Å². The maximum Gasteiger partial charge on any atom is 0.229 e. The highest BCUT2D eigenvalue weighted by Crippen LogP contribution is 2.30. The number of carbonyl (C=O) groups excluding carboxylic acids is 1. The predicted octanol–water partition coefficient (Wildman–Crippen LogP) is 3.55. The number of aromatic nitrogens is 1. The van der Waals surface area contributed by atoms with Gasteiger partial charge in [-0.25, -0.2) is 0 Å². The van der Waals surface area contributed by atoms with Crippen LogP contribution in [0, 0.1) is 12.8 Å². The summed E-state index contributed by atoms with van der Waals surface area (Å²) in [6, 6.07) is 14.4. The van der Waals surface area contributed by atoms with Gasteiger partial charge in [-0.15, -0.1) is 0 Å². The van der Waals surface area contributed by atoms with Gasteiger partial charge < -0.3 is 10.6 Å². The van der Waals surface area contributed by atoms with E-state index in [4.69, 9.17) is 0 Å². The van der Waals surface area contributed by atoms with E-state index in [2.05, 4.69) is 46.2 Å². The van der Waals surface area contributed by atoms with Crippen molar-refractivity contribution in [3.63, 3.8) is 0 Å². The Kier molecular flexibility index (Phi) is 4.04. The Morgan fingerprint density at radius 2 is 2.04 bits per heavy atom. The van der Waals surface area contributed by atoms with E-state index in [-0.39, 0.29) is 17.7 Å². The molecule has 1 aliphatic rings. The highest BCUT2D eigenvalue weighted by atomic mass is 32.1. The minimum atomic E-state index is -0.0511. The molecule has 2 atom stereocenters. The van der Waals surface area contributed by atoms with Gasteiger partial charge in [0.15, 0.2) is 0 Å². The molecule has 4 nitrogen and oxygen atoms in total. The molecular formula is C19H19N3OS. The topological polar surface area (TPSA) is 54.0 Å². The molecule has 1 aromatic heterocycles. The third kappa shape index (κ3) is 2.92. The van der Waals surface area contributed by atoms with Gasteiger partial charge in [-0.05, 0) is 42.2 Å². The molecule has 0 radical (unpaired) electrons. The van der Waals surface area contributed by atoms with Gasteiger partial charge in [0.1, 0.15) is 0 Å². The minimum absolute atomic E-state index is 0.0511. The molecule has 1 amide bonds. The Hall–Kier alpha value is -2.24. The number of aryl methyl sites for hydroxylation is 1. The van der Waals surface area contributed by atoms with Crippen molar-refractivity contribution in [3.8, 4) is 0 Å². The Morgan fingerprint density at radius 1 is 1.21 bits per heavy atom. The molecule has 3 aromatic rings. The first-order valence-electron chi connectivity index (χ1n) is 8.13. The van der Waals surface area contributed by atoms with Crippen LogP contribution in [0.25, 0.3) is 10.1 Å². The van der Waals surface area contributed by atoms with E-state index in [1.807, 2.05) is 24.4 Å². The first kappa shape index (κ1) is 15.3. The molecule has 2 N–H and O–H groups in total. The molecule has 1 aliphatic heterocycles. The van der Waals surface area contributed by atoms with Crippen molar-refractivity contribution in [2.24, 2.45) is 5.92 Å². The molecule has 122 valence electrons. The Bertz CT molecular complexity index is 872. The largest absolute Gasteiger partial charge is 0.326 e. The van der Waals surface area contributed by atoms with Crippen molar-refractivity contribution in [2.45, 2.75) is 12.8 Å². The van der Waals surface area contributed by atoms with E-state index >= 15 is 0 Å². The van der Waals surface area contributed by atoms with Gasteiger partial charge in [0.05, 0.1) is 10.6 Å². The van der Waals surface area contributed by atoms with Crippen LogP contribution in [-0.2, 0) is 4.79 Å². The molecule has 0 aliphatic carbocycles. The smallest absolute Gasteiger partial charge is 0.229 e. The van der Waals surface area contributed by atoms with Crippen LogP contribution in [0.1, 0.15) is 17.0 Å². The quantitative estimate of drug-likeness (QED) is 0.768. The lowest BCUT2D eigenvalue weighted by molar-refractivity contribution is -0.119. The summed E-state index contributed by atoms with van der Waals surface area (Å²) in [6.07, 6.45) is 1.85. The predicted molar refractivity (Wildman–Crippen MR) is 98.5 cm³/mol. The molecule has 1 saturated heterocycles. The lowest BCUT2D eigenvalue weighted by Gasteiger charge is -2.19. The number of rotatable bonds is 3. The molecule has 4 rings (SSSR count). The number of carbonyl (C=O) groups is 1. The zero-order valence-electron chi connectivity index (χ0n) is 13.5. The zero-order chi connectivity index (χ0) is 16.5. The molecule has 0 saturated carbocycles. The normalized spacial score (nSPS) is 20.4. The van der Waals surface area contributed by atoms with Crippen LogP contribution in [0.5, 0.6) is 0 Å². The van der Waals surface area contributed by atoms with E-state index in [1.54, 1.807) is 0 Å². The SMILES string of the molecule is Cc1ccc([C@@H]2CNC[C@H]2C(=O)Nc2ccc3cnsc3c2)cc1. The molecule has 0 spiro atoms. The second-order valence-electron chi connectivity index (χ2n) is 6.35. The Labute approximate surface area is 145 Å². The number of hydrogen-bond donors (Lipinski definition) is 2. The number of amides is 1. The van der Waals surface area contributed by atoms with Crippen molar-refractivity contribution in [1.29, 1.82) is 0 Å². The van der Waals surface area contributed by atoms with Crippen LogP contribution in [0.15, 0.2) is 48.7 Å². The fraction of sp³-hybridized carbons (Fsp3) is 0.263. The lowest BCUT2D eigenvalue weighted by atomic mass is 9.88. The Morgan fingerprint density at radius 3 is 2.88 bits per heavy atom. The summed E-state index contributed by atoms with van der Waals surface area (Å²) in [7, 11) is 0. The monoisotopic (exact) mass is 337 g/mol. The van der Waals surface area contributed by atoms with Crippen LogP contribution in [-0.4, -0.2) is 23.4 Å². The summed E-state index contributed by atoms with van der Waals surface area (Å²) in [6.45, 7) is 3.64. The van der Waals surface area contributed by atoms with Gasteiger partial charge in [-0.1, -0.05) is 29.8 Å². The van der Waals surface area contributed by atoms with Crippen molar-refractivity contribution in [2.75, 3.05) is 18.4 Å². The van der Waals surface area contributed by atoms with E-state index in [9.17, 15) is 4.79 Å². The first-order chi connectivity index (χ1) is 11.7. The van der Waals surface area contributed by atoms with Crippen molar-refractivity contribution in [3.05, 3.63) is 59.8 Å². The average molecular weight is 337 g/mol. The number of nitrogens with one attached hydrogen (secondary N) is 2. The van der Waals surface area contributed by atoms with E-state index in [1.165, 1.54) is 22.7 Å². The lowest BCUT2D eigenvalue weighted by Crippen LogP contribution is -2.28. The summed E-state index contributed by atoms with van der Waals surface area (Å²) >= 11 is 1.45. The maximum absolute atomic E-state index is 12.8. The highest BCUT2D eigenvalue weighted by Gasteiger charge is 2.33. The molecule has 2 aromatic carbocycles. The standard InChI is InChI=1S/C19H19N3OS/c1-12-2-4-13(5-3-12)16-10-20-11-17(16)19(23)22-15-7-6-14-9-21-24-18(14)8-15/h2-9,16-17,20H,10-11H2,1H3,(H,22,23)/t16-,17+/m0/s1. The fourth-order valence-electron chi connectivity index (χ4n) is 3.29. The van der Waals surface area contributed by atoms with E-state index < -0.39 is 0 Å². The average Bonchev–Trinajstić information content (AvgIpc) is 3.24. The van der Waals surface area contributed by atoms with E-state index in [0.29, 0.717) is 6.54 Å². The molecule has 5 heteroatoms. The Balaban J connectivity index is 1.53. The summed E-state index contributed by atoms with van der Waals surface area (Å²) in [5.74, 6) is 0.247. The summed E-state index contributed by atoms with van der Waals surface area (Å²) in [5.41, 5.74) is 3.30. The van der Waals surface area contributed by atoms with Crippen molar-refractivity contribution < 1.29 is 4.79 Å². The third-order valence-electron chi connectivity index (χ3n) is 4.68. The van der Waals surface area contributed by atoms with E-state index in [0.717, 1.165) is 22.3 Å². The van der Waals surface area contributed by atoms with Crippen LogP contribution >= 0.6 is 11.5 Å². The molecule has 0 bridgehead atoms. The zero-order valence-corrected chi connectivity index (χ0v) is 14.3. The summed E-state index contributed by atoms with van der Waals surface area (Å²) in [5, 5.41) is 7.55. The van der Waals surface area contributed by atoms with Gasteiger partial charge in [0, 0.05) is 36.3 Å². The van der Waals surface area contributed by atoms with Gasteiger partial charge in [-0.2, -0.15) is 4.37 Å². The second kappa shape index (κ2) is 6.34. The maximum atomic E-state index is 12.8. The summed E-state index contributed by atoms with van der Waals surface area (Å²) in [4.78, 5) is 12.8. The van der Waals surface area contributed by atoms with Gasteiger partial charge in [0.2, 0.25) is 5.91 Å². The molecule has 24 heavy (non-hydrogen) atoms. The molecule has 0 unspecified atom stereocenters. The molecular weight excluding hydrogens is 318 g/mol. The van der Waals surface area contributed by atoms with Crippen LogP contribution in [0.4, 0.5) is 5.69 Å². The second-order valence-corrected chi connectivity index (χ2v) is 7.18. The van der Waals surface area contributed by atoms with Gasteiger partial charge in [-0.3, -0.25) is 4.79 Å². The summed E-state index contributed by atoms with van der Waals surface area (Å²) < 4.78 is 5.27. The van der Waals surface area contributed by atoms with Crippen LogP contribution < -0.4 is 10.6 Å². The van der Waals surface area contributed by atoms with Crippen LogP contribution in [0.3, 0.4) is 0 Å². The number of nitrogens with zero attached hydrogens (tertiary/aromatic N) is 1. The number of fused-ring (bicyclic) bond motifs is 1. The fourth-order valence-corrected chi connectivity index (χ4v) is 3.98. The first-order valence-corrected chi connectivity index (χ1v) is 8.90. The number of benzene rings is 2. The minimum Gasteiger partial charge on any atom is -0.326 e. The highest BCUT2D eigenvalue weighted by molar-refractivity contribution is 7.13. The van der Waals surface area contributed by atoms with Gasteiger partial charge >= 0.3 is 0 Å². The van der Waals surface area contributed by atoms with Crippen molar-refractivity contribution in [1.82, 2.24) is 9.69 Å².